The average Bonchev–Trinajstić information content (AvgIpc) is 2.49. The molecule has 0 aromatic heterocycles. The molecule has 0 bridgehead atoms. The number of hydrazone groups is 1. The van der Waals surface area contributed by atoms with Gasteiger partial charge in [0.1, 0.15) is 5.75 Å². The second-order valence-corrected chi connectivity index (χ2v) is 5.96. The van der Waals surface area contributed by atoms with Crippen molar-refractivity contribution in [2.24, 2.45) is 5.10 Å². The predicted molar refractivity (Wildman–Crippen MR) is 91.8 cm³/mol. The molecule has 0 aliphatic carbocycles. The third kappa shape index (κ3) is 5.33. The zero-order valence-corrected chi connectivity index (χ0v) is 14.3. The number of ether oxygens (including phenoxy) is 1. The first kappa shape index (κ1) is 16.8. The molecule has 0 radical (unpaired) electrons. The highest BCUT2D eigenvalue weighted by molar-refractivity contribution is 9.10. The van der Waals surface area contributed by atoms with Crippen LogP contribution in [-0.2, 0) is 4.79 Å². The Morgan fingerprint density at radius 2 is 1.95 bits per heavy atom. The van der Waals surface area contributed by atoms with E-state index in [0.29, 0.717) is 21.4 Å². The van der Waals surface area contributed by atoms with Crippen molar-refractivity contribution in [3.8, 4) is 5.75 Å². The molecule has 0 atom stereocenters. The molecule has 7 heteroatoms. The van der Waals surface area contributed by atoms with E-state index in [1.165, 1.54) is 6.21 Å². The van der Waals surface area contributed by atoms with E-state index < -0.39 is 0 Å². The highest BCUT2D eigenvalue weighted by atomic mass is 79.9. The Morgan fingerprint density at radius 3 is 2.64 bits per heavy atom. The quantitative estimate of drug-likeness (QED) is 0.600. The van der Waals surface area contributed by atoms with Crippen molar-refractivity contribution in [2.45, 2.75) is 0 Å². The van der Waals surface area contributed by atoms with Gasteiger partial charge in [-0.1, -0.05) is 45.2 Å². The lowest BCUT2D eigenvalue weighted by Crippen LogP contribution is -2.24. The molecule has 2 aromatic carbocycles. The number of halogens is 3. The Labute approximate surface area is 146 Å². The molecule has 114 valence electrons. The molecule has 0 aliphatic heterocycles. The number of nitrogens with one attached hydrogen (secondary N) is 1. The van der Waals surface area contributed by atoms with Crippen molar-refractivity contribution >= 4 is 51.3 Å². The van der Waals surface area contributed by atoms with Crippen LogP contribution < -0.4 is 10.2 Å². The summed E-state index contributed by atoms with van der Waals surface area (Å²) in [6.45, 7) is -0.132. The van der Waals surface area contributed by atoms with E-state index in [4.69, 9.17) is 27.9 Å². The van der Waals surface area contributed by atoms with Gasteiger partial charge in [0.2, 0.25) is 0 Å². The van der Waals surface area contributed by atoms with Crippen LogP contribution in [0.25, 0.3) is 0 Å². The lowest BCUT2D eigenvalue weighted by atomic mass is 10.2. The number of benzene rings is 2. The van der Waals surface area contributed by atoms with E-state index in [1.54, 1.807) is 30.3 Å². The van der Waals surface area contributed by atoms with Crippen molar-refractivity contribution in [3.05, 3.63) is 62.5 Å². The Bertz CT molecular complexity index is 690. The standard InChI is InChI=1S/C15H11BrCl2N2O2/c16-11-2-5-13(6-3-11)22-9-15(21)20-19-8-10-1-4-12(17)7-14(10)18/h1-8H,9H2,(H,20,21)/b19-8-. The minimum absolute atomic E-state index is 0.132. The smallest absolute Gasteiger partial charge is 0.277 e. The van der Waals surface area contributed by atoms with Crippen LogP contribution in [0.3, 0.4) is 0 Å². The van der Waals surface area contributed by atoms with Gasteiger partial charge in [-0.3, -0.25) is 4.79 Å². The lowest BCUT2D eigenvalue weighted by Gasteiger charge is -2.04. The van der Waals surface area contributed by atoms with Crippen molar-refractivity contribution in [1.82, 2.24) is 5.43 Å². The van der Waals surface area contributed by atoms with Crippen LogP contribution in [0.4, 0.5) is 0 Å². The van der Waals surface area contributed by atoms with E-state index in [1.807, 2.05) is 12.1 Å². The molecule has 0 unspecified atom stereocenters. The van der Waals surface area contributed by atoms with Crippen LogP contribution in [0.1, 0.15) is 5.56 Å². The maximum absolute atomic E-state index is 11.6. The number of carbonyl (C=O) groups excluding carboxylic acids is 1. The minimum atomic E-state index is -0.371. The van der Waals surface area contributed by atoms with Crippen molar-refractivity contribution in [1.29, 1.82) is 0 Å². The van der Waals surface area contributed by atoms with Gasteiger partial charge in [0.25, 0.3) is 5.91 Å². The van der Waals surface area contributed by atoms with Gasteiger partial charge in [-0.2, -0.15) is 5.10 Å². The summed E-state index contributed by atoms with van der Waals surface area (Å²) in [6, 6.07) is 12.2. The number of amides is 1. The van der Waals surface area contributed by atoms with E-state index in [-0.39, 0.29) is 12.5 Å². The fourth-order valence-corrected chi connectivity index (χ4v) is 2.21. The van der Waals surface area contributed by atoms with Gasteiger partial charge in [0.05, 0.1) is 11.2 Å². The second-order valence-electron chi connectivity index (χ2n) is 4.20. The Balaban J connectivity index is 1.82. The van der Waals surface area contributed by atoms with Crippen LogP contribution in [0.15, 0.2) is 52.0 Å². The van der Waals surface area contributed by atoms with Gasteiger partial charge in [-0.25, -0.2) is 5.43 Å². The van der Waals surface area contributed by atoms with E-state index in [2.05, 4.69) is 26.5 Å². The summed E-state index contributed by atoms with van der Waals surface area (Å²) in [5.41, 5.74) is 3.01. The van der Waals surface area contributed by atoms with Crippen LogP contribution in [0, 0.1) is 0 Å². The molecule has 0 fully saturated rings. The molecular weight excluding hydrogens is 391 g/mol. The first-order valence-electron chi connectivity index (χ1n) is 6.20. The SMILES string of the molecule is O=C(COc1ccc(Br)cc1)N/N=C\c1ccc(Cl)cc1Cl. The summed E-state index contributed by atoms with van der Waals surface area (Å²) in [5, 5.41) is 4.81. The zero-order chi connectivity index (χ0) is 15.9. The van der Waals surface area contributed by atoms with Crippen LogP contribution in [0.5, 0.6) is 5.75 Å². The molecule has 0 saturated carbocycles. The van der Waals surface area contributed by atoms with Gasteiger partial charge in [0.15, 0.2) is 6.61 Å². The topological polar surface area (TPSA) is 50.7 Å². The minimum Gasteiger partial charge on any atom is -0.484 e. The summed E-state index contributed by atoms with van der Waals surface area (Å²) >= 11 is 15.1. The van der Waals surface area contributed by atoms with E-state index in [9.17, 15) is 4.79 Å². The van der Waals surface area contributed by atoms with Crippen LogP contribution >= 0.6 is 39.1 Å². The third-order valence-electron chi connectivity index (χ3n) is 2.54. The Morgan fingerprint density at radius 1 is 1.23 bits per heavy atom. The summed E-state index contributed by atoms with van der Waals surface area (Å²) in [5.74, 6) is 0.229. The highest BCUT2D eigenvalue weighted by Gasteiger charge is 2.02. The summed E-state index contributed by atoms with van der Waals surface area (Å²) in [7, 11) is 0. The monoisotopic (exact) mass is 400 g/mol. The molecular formula is C15H11BrCl2N2O2. The predicted octanol–water partition coefficient (Wildman–Crippen LogP) is 4.29. The molecule has 0 spiro atoms. The third-order valence-corrected chi connectivity index (χ3v) is 3.63. The average molecular weight is 402 g/mol. The van der Waals surface area contributed by atoms with Crippen molar-refractivity contribution in [2.75, 3.05) is 6.61 Å². The van der Waals surface area contributed by atoms with E-state index >= 15 is 0 Å². The zero-order valence-electron chi connectivity index (χ0n) is 11.2. The fourth-order valence-electron chi connectivity index (χ4n) is 1.49. The molecule has 22 heavy (non-hydrogen) atoms. The summed E-state index contributed by atoms with van der Waals surface area (Å²) < 4.78 is 6.25. The van der Waals surface area contributed by atoms with Crippen molar-refractivity contribution < 1.29 is 9.53 Å². The van der Waals surface area contributed by atoms with Gasteiger partial charge >= 0.3 is 0 Å². The highest BCUT2D eigenvalue weighted by Crippen LogP contribution is 2.19. The maximum atomic E-state index is 11.6. The van der Waals surface area contributed by atoms with Crippen molar-refractivity contribution in [3.63, 3.8) is 0 Å². The Kier molecular flexibility index (Phi) is 6.24. The van der Waals surface area contributed by atoms with Gasteiger partial charge in [0, 0.05) is 15.1 Å². The molecule has 2 aromatic rings. The Hall–Kier alpha value is -1.56. The van der Waals surface area contributed by atoms with E-state index in [0.717, 1.165) is 4.47 Å². The second kappa shape index (κ2) is 8.17. The molecule has 0 aliphatic rings. The fraction of sp³-hybridized carbons (Fsp3) is 0.0667. The maximum Gasteiger partial charge on any atom is 0.277 e. The van der Waals surface area contributed by atoms with Crippen LogP contribution in [-0.4, -0.2) is 18.7 Å². The molecule has 2 rings (SSSR count). The molecule has 1 N–H and O–H groups in total. The number of rotatable bonds is 5. The number of nitrogens with zero attached hydrogens (tertiary/aromatic N) is 1. The largest absolute Gasteiger partial charge is 0.484 e. The van der Waals surface area contributed by atoms with Gasteiger partial charge < -0.3 is 4.74 Å². The number of carbonyl (C=O) groups is 1. The van der Waals surface area contributed by atoms with Gasteiger partial charge in [-0.05, 0) is 36.4 Å². The summed E-state index contributed by atoms with van der Waals surface area (Å²) in [6.07, 6.45) is 1.44. The number of hydrogen-bond donors (Lipinski definition) is 1. The molecule has 4 nitrogen and oxygen atoms in total. The summed E-state index contributed by atoms with van der Waals surface area (Å²) in [4.78, 5) is 11.6. The molecule has 0 heterocycles. The number of hydrogen-bond acceptors (Lipinski definition) is 3. The molecule has 0 saturated heterocycles. The first-order chi connectivity index (χ1) is 10.5. The molecule has 1 amide bonds. The normalized spacial score (nSPS) is 10.7. The lowest BCUT2D eigenvalue weighted by molar-refractivity contribution is -0.123. The van der Waals surface area contributed by atoms with Gasteiger partial charge in [-0.15, -0.1) is 0 Å². The first-order valence-corrected chi connectivity index (χ1v) is 7.75. The van der Waals surface area contributed by atoms with Crippen LogP contribution in [0.2, 0.25) is 10.0 Å².